The summed E-state index contributed by atoms with van der Waals surface area (Å²) in [4.78, 5) is 66.9. The average Bonchev–Trinajstić information content (AvgIpc) is 3.38. The molecule has 4 heterocycles. The van der Waals surface area contributed by atoms with Gasteiger partial charge in [0, 0.05) is 12.3 Å². The van der Waals surface area contributed by atoms with E-state index in [4.69, 9.17) is 24.2 Å². The number of amides is 3. The summed E-state index contributed by atoms with van der Waals surface area (Å²) in [7, 11) is 0. The Morgan fingerprint density at radius 1 is 1.08 bits per heavy atom. The topological polar surface area (TPSA) is 149 Å². The van der Waals surface area contributed by atoms with E-state index >= 15 is 0 Å². The van der Waals surface area contributed by atoms with E-state index in [1.807, 2.05) is 53.9 Å². The third-order valence-corrected chi connectivity index (χ3v) is 10.0. The molecule has 2 N–H and O–H groups in total. The van der Waals surface area contributed by atoms with E-state index in [9.17, 15) is 19.2 Å². The monoisotopic (exact) mass is 703 g/mol. The summed E-state index contributed by atoms with van der Waals surface area (Å²) in [5, 5.41) is 7.72. The number of hydrogen-bond acceptors (Lipinski definition) is 10. The molecule has 50 heavy (non-hydrogen) atoms. The van der Waals surface area contributed by atoms with Crippen LogP contribution in [0.3, 0.4) is 0 Å². The summed E-state index contributed by atoms with van der Waals surface area (Å²) in [6, 6.07) is 9.44. The first-order valence-corrected chi connectivity index (χ1v) is 18.3. The number of rotatable bonds is 6. The number of hydrogen-bond donors (Lipinski definition) is 2. The van der Waals surface area contributed by atoms with Crippen molar-refractivity contribution in [2.24, 2.45) is 5.92 Å². The van der Waals surface area contributed by atoms with Gasteiger partial charge in [0.25, 0.3) is 0 Å². The molecule has 12 nitrogen and oxygen atoms in total. The number of alkyl carbamates (subject to hydrolysis) is 1. The number of aromatic nitrogens is 2. The summed E-state index contributed by atoms with van der Waals surface area (Å²) in [5.41, 5.74) is -0.0443. The van der Waals surface area contributed by atoms with Gasteiger partial charge in [-0.05, 0) is 77.0 Å². The second kappa shape index (κ2) is 14.8. The van der Waals surface area contributed by atoms with Gasteiger partial charge in [0.15, 0.2) is 0 Å². The number of nitrogens with one attached hydrogen (secondary N) is 2. The Morgan fingerprint density at radius 2 is 1.86 bits per heavy atom. The number of nitrogens with zero attached hydrogens (tertiary/aromatic N) is 3. The van der Waals surface area contributed by atoms with Crippen LogP contribution in [0.25, 0.3) is 21.6 Å². The van der Waals surface area contributed by atoms with Crippen LogP contribution < -0.4 is 15.4 Å². The van der Waals surface area contributed by atoms with E-state index in [1.54, 1.807) is 27.7 Å². The van der Waals surface area contributed by atoms with Crippen LogP contribution in [0.15, 0.2) is 53.9 Å². The van der Waals surface area contributed by atoms with Gasteiger partial charge in [-0.2, -0.15) is 0 Å². The molecule has 2 aliphatic heterocycles. The van der Waals surface area contributed by atoms with Gasteiger partial charge in [0.05, 0.1) is 29.1 Å². The summed E-state index contributed by atoms with van der Waals surface area (Å²) in [5.74, 6) is -1.31. The Balaban J connectivity index is 1.33. The number of allylic oxidation sites excluding steroid dienone is 1. The highest BCUT2D eigenvalue weighted by Crippen LogP contribution is 2.46. The smallest absolute Gasteiger partial charge is 0.408 e. The Hall–Kier alpha value is -4.52. The van der Waals surface area contributed by atoms with Gasteiger partial charge in [-0.15, -0.1) is 11.3 Å². The summed E-state index contributed by atoms with van der Waals surface area (Å²) < 4.78 is 17.5. The van der Waals surface area contributed by atoms with Crippen molar-refractivity contribution in [3.8, 4) is 16.5 Å². The van der Waals surface area contributed by atoms with Crippen molar-refractivity contribution in [2.45, 2.75) is 102 Å². The first-order chi connectivity index (χ1) is 24.0. The second-order valence-corrected chi connectivity index (χ2v) is 15.0. The second-order valence-electron chi connectivity index (χ2n) is 14.1. The Morgan fingerprint density at radius 3 is 2.58 bits per heavy atom. The van der Waals surface area contributed by atoms with Crippen LogP contribution in [0.1, 0.15) is 72.6 Å². The Labute approximate surface area is 296 Å². The van der Waals surface area contributed by atoms with Crippen LogP contribution in [-0.2, 0) is 23.9 Å². The Bertz CT molecular complexity index is 1760. The molecule has 2 fully saturated rings. The largest absolute Gasteiger partial charge is 0.471 e. The molecule has 0 radical (unpaired) electrons. The SMILES string of the molecule is CCOC(=O)[C@@]12C[C@H]1/C=C\CCCCC[C@H](NC(=O)OC(C)(C)C)C(=O)N1C[C@H](Oc3nc4ccccc4nc3-c3cccs3)C[C@H]1C(=O)N2. The quantitative estimate of drug-likeness (QED) is 0.249. The maximum absolute atomic E-state index is 14.4. The lowest BCUT2D eigenvalue weighted by molar-refractivity contribution is -0.150. The zero-order chi connectivity index (χ0) is 35.5. The number of ether oxygens (including phenoxy) is 3. The van der Waals surface area contributed by atoms with Crippen molar-refractivity contribution in [3.63, 3.8) is 0 Å². The number of carbonyl (C=O) groups is 4. The first-order valence-electron chi connectivity index (χ1n) is 17.4. The van der Waals surface area contributed by atoms with E-state index in [-0.39, 0.29) is 25.5 Å². The van der Waals surface area contributed by atoms with Gasteiger partial charge in [-0.3, -0.25) is 9.59 Å². The average molecular weight is 704 g/mol. The minimum Gasteiger partial charge on any atom is -0.471 e. The summed E-state index contributed by atoms with van der Waals surface area (Å²) in [6.07, 6.45) is 6.76. The number of carbonyl (C=O) groups excluding carboxylic acids is 4. The molecule has 6 rings (SSSR count). The number of fused-ring (bicyclic) bond motifs is 3. The van der Waals surface area contributed by atoms with Crippen molar-refractivity contribution in [1.29, 1.82) is 0 Å². The van der Waals surface area contributed by atoms with Gasteiger partial charge < -0.3 is 29.7 Å². The van der Waals surface area contributed by atoms with Crippen LogP contribution >= 0.6 is 11.3 Å². The zero-order valence-electron chi connectivity index (χ0n) is 29.0. The van der Waals surface area contributed by atoms with Crippen molar-refractivity contribution in [2.75, 3.05) is 13.2 Å². The maximum atomic E-state index is 14.4. The predicted octanol–water partition coefficient (Wildman–Crippen LogP) is 5.56. The van der Waals surface area contributed by atoms with Gasteiger partial charge >= 0.3 is 12.1 Å². The molecule has 1 saturated heterocycles. The van der Waals surface area contributed by atoms with Gasteiger partial charge in [-0.25, -0.2) is 19.6 Å². The van der Waals surface area contributed by atoms with Gasteiger partial charge in [0.2, 0.25) is 17.7 Å². The van der Waals surface area contributed by atoms with Crippen molar-refractivity contribution in [1.82, 2.24) is 25.5 Å². The highest BCUT2D eigenvalue weighted by atomic mass is 32.1. The molecular weight excluding hydrogens is 659 g/mol. The molecule has 3 amide bonds. The lowest BCUT2D eigenvalue weighted by Crippen LogP contribution is -2.56. The molecule has 3 aliphatic rings. The highest BCUT2D eigenvalue weighted by Gasteiger charge is 2.62. The zero-order valence-corrected chi connectivity index (χ0v) is 29.8. The third kappa shape index (κ3) is 7.93. The predicted molar refractivity (Wildman–Crippen MR) is 188 cm³/mol. The maximum Gasteiger partial charge on any atom is 0.408 e. The third-order valence-electron chi connectivity index (χ3n) is 9.14. The lowest BCUT2D eigenvalue weighted by Gasteiger charge is -2.30. The van der Waals surface area contributed by atoms with E-state index in [0.29, 0.717) is 41.9 Å². The van der Waals surface area contributed by atoms with E-state index in [2.05, 4.69) is 10.6 Å². The molecule has 0 bridgehead atoms. The summed E-state index contributed by atoms with van der Waals surface area (Å²) in [6.45, 7) is 7.22. The highest BCUT2D eigenvalue weighted by molar-refractivity contribution is 7.13. The Kier molecular flexibility index (Phi) is 10.4. The van der Waals surface area contributed by atoms with Crippen LogP contribution in [0.2, 0.25) is 0 Å². The van der Waals surface area contributed by atoms with E-state index < -0.39 is 53.2 Å². The first kappa shape index (κ1) is 35.3. The molecular formula is C37H45N5O7S. The van der Waals surface area contributed by atoms with Crippen molar-refractivity contribution in [3.05, 3.63) is 53.9 Å². The normalized spacial score (nSPS) is 26.4. The molecule has 1 aromatic carbocycles. The van der Waals surface area contributed by atoms with Crippen molar-refractivity contribution >= 4 is 46.2 Å². The van der Waals surface area contributed by atoms with Gasteiger partial charge in [-0.1, -0.05) is 43.2 Å². The standard InChI is InChI=1S/C37H45N5O7S/c1-5-47-34(45)37-21-23(37)14-9-7-6-8-10-17-27(40-35(46)49-36(2,3)4)33(44)42-22-24(20-28(42)31(43)41-37)48-32-30(29-18-13-19-50-29)38-25-15-11-12-16-26(25)39-32/h9,11-16,18-19,23-24,27-28H,5-8,10,17,20-22H2,1-4H3,(H,40,46)(H,41,43)/b14-9-/t23-,24-,27+,28+,37-/m1/s1. The molecule has 0 spiro atoms. The fourth-order valence-electron chi connectivity index (χ4n) is 6.64. The van der Waals surface area contributed by atoms with E-state index in [0.717, 1.165) is 24.1 Å². The minimum atomic E-state index is -1.21. The number of para-hydroxylation sites is 2. The molecule has 1 saturated carbocycles. The number of esters is 1. The van der Waals surface area contributed by atoms with Crippen molar-refractivity contribution < 1.29 is 33.4 Å². The molecule has 2 aromatic heterocycles. The number of thiophene rings is 1. The van der Waals surface area contributed by atoms with Crippen LogP contribution in [-0.4, -0.2) is 81.2 Å². The molecule has 5 atom stereocenters. The van der Waals surface area contributed by atoms with E-state index in [1.165, 1.54) is 16.2 Å². The molecule has 0 unspecified atom stereocenters. The fourth-order valence-corrected chi connectivity index (χ4v) is 7.35. The van der Waals surface area contributed by atoms with Crippen LogP contribution in [0.5, 0.6) is 5.88 Å². The van der Waals surface area contributed by atoms with Crippen LogP contribution in [0, 0.1) is 5.92 Å². The van der Waals surface area contributed by atoms with Gasteiger partial charge in [0.1, 0.15) is 35.0 Å². The number of benzene rings is 1. The summed E-state index contributed by atoms with van der Waals surface area (Å²) >= 11 is 1.50. The molecule has 1 aliphatic carbocycles. The molecule has 3 aromatic rings. The van der Waals surface area contributed by atoms with Crippen LogP contribution in [0.4, 0.5) is 4.79 Å². The molecule has 266 valence electrons. The molecule has 13 heteroatoms. The minimum absolute atomic E-state index is 0.0531. The lowest BCUT2D eigenvalue weighted by atomic mass is 10.0. The fraction of sp³-hybridized carbons (Fsp3) is 0.514.